The molecule has 3 heterocycles. The van der Waals surface area contributed by atoms with Gasteiger partial charge in [-0.1, -0.05) is 23.5 Å². The highest BCUT2D eigenvalue weighted by Gasteiger charge is 2.38. The van der Waals surface area contributed by atoms with Gasteiger partial charge >= 0.3 is 0 Å². The van der Waals surface area contributed by atoms with Gasteiger partial charge in [0.15, 0.2) is 0 Å². The van der Waals surface area contributed by atoms with Crippen LogP contribution in [0.15, 0.2) is 18.2 Å². The van der Waals surface area contributed by atoms with Crippen molar-refractivity contribution in [2.45, 2.75) is 25.9 Å². The molecule has 2 fully saturated rings. The Bertz CT molecular complexity index is 958. The number of aryl methyl sites for hydroxylation is 1. The number of benzene rings is 1. The number of rotatable bonds is 4. The quantitative estimate of drug-likeness (QED) is 0.770. The smallest absolute Gasteiger partial charge is 0.274 e. The van der Waals surface area contributed by atoms with E-state index in [9.17, 15) is 13.2 Å². The number of ether oxygens (including phenoxy) is 1. The number of hydrogen-bond acceptors (Lipinski definition) is 6. The fraction of sp³-hybridized carbons (Fsp3) is 0.556. The van der Waals surface area contributed by atoms with E-state index >= 15 is 0 Å². The first-order chi connectivity index (χ1) is 12.8. The molecule has 7 nitrogen and oxygen atoms in total. The first kappa shape index (κ1) is 18.6. The highest BCUT2D eigenvalue weighted by atomic mass is 32.2. The van der Waals surface area contributed by atoms with E-state index < -0.39 is 10.0 Å². The Morgan fingerprint density at radius 2 is 1.96 bits per heavy atom. The predicted molar refractivity (Wildman–Crippen MR) is 104 cm³/mol. The molecule has 2 aliphatic heterocycles. The minimum Gasteiger partial charge on any atom is -0.463 e. The molecular formula is C18H23N3O4S2. The van der Waals surface area contributed by atoms with Gasteiger partial charge in [0.1, 0.15) is 6.10 Å². The molecule has 0 N–H and O–H groups in total. The van der Waals surface area contributed by atoms with E-state index in [-0.39, 0.29) is 17.9 Å². The summed E-state index contributed by atoms with van der Waals surface area (Å²) < 4.78 is 31.7. The largest absolute Gasteiger partial charge is 0.463 e. The molecule has 4 rings (SSSR count). The molecule has 0 radical (unpaired) electrons. The standard InChI is InChI=1S/C18H23N3O4S2/c1-12-4-3-5-15-16(12)19-18(26-15)25-14-10-20(11-14)17(22)13-6-8-21(9-7-13)27(2,23)24/h3-5,13-14H,6-11H2,1-2H3. The zero-order valence-electron chi connectivity index (χ0n) is 15.4. The van der Waals surface area contributed by atoms with Crippen LogP contribution in [0.2, 0.25) is 0 Å². The molecule has 27 heavy (non-hydrogen) atoms. The molecule has 0 unspecified atom stereocenters. The second kappa shape index (κ2) is 7.03. The summed E-state index contributed by atoms with van der Waals surface area (Å²) in [5, 5.41) is 0.651. The highest BCUT2D eigenvalue weighted by molar-refractivity contribution is 7.88. The van der Waals surface area contributed by atoms with Crippen molar-refractivity contribution >= 4 is 37.5 Å². The summed E-state index contributed by atoms with van der Waals surface area (Å²) in [4.78, 5) is 19.0. The summed E-state index contributed by atoms with van der Waals surface area (Å²) in [6.45, 7) is 4.02. The number of amides is 1. The third-order valence-corrected chi connectivity index (χ3v) is 7.52. The van der Waals surface area contributed by atoms with Crippen LogP contribution < -0.4 is 4.74 Å². The maximum atomic E-state index is 12.6. The Morgan fingerprint density at radius 1 is 1.26 bits per heavy atom. The van der Waals surface area contributed by atoms with E-state index in [4.69, 9.17) is 4.74 Å². The number of thiazole rings is 1. The predicted octanol–water partition coefficient (Wildman–Crippen LogP) is 1.87. The Morgan fingerprint density at radius 3 is 2.59 bits per heavy atom. The third-order valence-electron chi connectivity index (χ3n) is 5.30. The molecule has 146 valence electrons. The lowest BCUT2D eigenvalue weighted by Gasteiger charge is -2.41. The number of piperidine rings is 1. The van der Waals surface area contributed by atoms with Crippen molar-refractivity contribution in [3.05, 3.63) is 23.8 Å². The third kappa shape index (κ3) is 3.81. The van der Waals surface area contributed by atoms with Gasteiger partial charge in [0.2, 0.25) is 15.9 Å². The minimum absolute atomic E-state index is 0.0223. The van der Waals surface area contributed by atoms with Gasteiger partial charge in [-0.05, 0) is 31.4 Å². The van der Waals surface area contributed by atoms with Crippen LogP contribution in [0, 0.1) is 12.8 Å². The van der Waals surface area contributed by atoms with Gasteiger partial charge in [0.05, 0.1) is 29.6 Å². The van der Waals surface area contributed by atoms with Crippen LogP contribution in [0.4, 0.5) is 0 Å². The van der Waals surface area contributed by atoms with E-state index in [0.29, 0.717) is 44.2 Å². The van der Waals surface area contributed by atoms with Gasteiger partial charge in [-0.3, -0.25) is 4.79 Å². The maximum Gasteiger partial charge on any atom is 0.274 e. The van der Waals surface area contributed by atoms with Crippen LogP contribution in [-0.4, -0.2) is 67.1 Å². The lowest BCUT2D eigenvalue weighted by Crippen LogP contribution is -2.58. The molecular weight excluding hydrogens is 386 g/mol. The zero-order chi connectivity index (χ0) is 19.2. The van der Waals surface area contributed by atoms with E-state index in [0.717, 1.165) is 15.8 Å². The molecule has 9 heteroatoms. The number of para-hydroxylation sites is 1. The summed E-state index contributed by atoms with van der Waals surface area (Å²) in [7, 11) is -3.16. The number of nitrogens with zero attached hydrogens (tertiary/aromatic N) is 3. The number of carbonyl (C=O) groups is 1. The average Bonchev–Trinajstić information content (AvgIpc) is 3.01. The summed E-state index contributed by atoms with van der Waals surface area (Å²) in [6.07, 6.45) is 2.37. The molecule has 0 spiro atoms. The Hall–Kier alpha value is -1.71. The molecule has 2 aliphatic rings. The maximum absolute atomic E-state index is 12.6. The summed E-state index contributed by atoms with van der Waals surface area (Å²) in [5.74, 6) is 0.0252. The number of hydrogen-bond donors (Lipinski definition) is 0. The number of carbonyl (C=O) groups excluding carboxylic acids is 1. The van der Waals surface area contributed by atoms with Crippen LogP contribution in [0.1, 0.15) is 18.4 Å². The van der Waals surface area contributed by atoms with Crippen molar-refractivity contribution < 1.29 is 17.9 Å². The normalized spacial score (nSPS) is 20.0. The molecule has 0 atom stereocenters. The van der Waals surface area contributed by atoms with E-state index in [1.807, 2.05) is 30.0 Å². The van der Waals surface area contributed by atoms with Crippen molar-refractivity contribution in [2.75, 3.05) is 32.4 Å². The topological polar surface area (TPSA) is 79.8 Å². The van der Waals surface area contributed by atoms with Gasteiger partial charge in [0, 0.05) is 19.0 Å². The van der Waals surface area contributed by atoms with Crippen LogP contribution in [0.25, 0.3) is 10.2 Å². The van der Waals surface area contributed by atoms with Gasteiger partial charge in [0.25, 0.3) is 5.19 Å². The Balaban J connectivity index is 1.29. The average molecular weight is 410 g/mol. The SMILES string of the molecule is Cc1cccc2sc(OC3CN(C(=O)C4CCN(S(C)(=O)=O)CC4)C3)nc12. The van der Waals surface area contributed by atoms with Gasteiger partial charge in [-0.2, -0.15) is 0 Å². The minimum atomic E-state index is -3.16. The number of aromatic nitrogens is 1. The monoisotopic (exact) mass is 409 g/mol. The fourth-order valence-electron chi connectivity index (χ4n) is 3.64. The van der Waals surface area contributed by atoms with E-state index in [1.54, 1.807) is 0 Å². The van der Waals surface area contributed by atoms with E-state index in [1.165, 1.54) is 21.9 Å². The van der Waals surface area contributed by atoms with Crippen LogP contribution in [0.3, 0.4) is 0 Å². The Kier molecular flexibility index (Phi) is 4.85. The second-order valence-corrected chi connectivity index (χ2v) is 10.3. The molecule has 1 aromatic carbocycles. The molecule has 0 bridgehead atoms. The van der Waals surface area contributed by atoms with Crippen molar-refractivity contribution in [2.24, 2.45) is 5.92 Å². The lowest BCUT2D eigenvalue weighted by molar-refractivity contribution is -0.145. The number of fused-ring (bicyclic) bond motifs is 1. The zero-order valence-corrected chi connectivity index (χ0v) is 17.1. The van der Waals surface area contributed by atoms with Gasteiger partial charge in [-0.15, -0.1) is 0 Å². The summed E-state index contributed by atoms with van der Waals surface area (Å²) in [5.41, 5.74) is 2.10. The first-order valence-corrected chi connectivity index (χ1v) is 11.7. The van der Waals surface area contributed by atoms with Crippen molar-refractivity contribution in [1.29, 1.82) is 0 Å². The lowest BCUT2D eigenvalue weighted by atomic mass is 9.95. The molecule has 1 aromatic heterocycles. The van der Waals surface area contributed by atoms with Crippen molar-refractivity contribution in [3.8, 4) is 5.19 Å². The molecule has 1 amide bonds. The summed E-state index contributed by atoms with van der Waals surface area (Å²) in [6, 6.07) is 6.08. The number of likely N-dealkylation sites (tertiary alicyclic amines) is 1. The van der Waals surface area contributed by atoms with Gasteiger partial charge in [-0.25, -0.2) is 17.7 Å². The molecule has 2 aromatic rings. The fourth-order valence-corrected chi connectivity index (χ4v) is 5.48. The Labute approximate surface area is 163 Å². The van der Waals surface area contributed by atoms with Gasteiger partial charge < -0.3 is 9.64 Å². The molecule has 0 saturated carbocycles. The van der Waals surface area contributed by atoms with Crippen molar-refractivity contribution in [3.63, 3.8) is 0 Å². The van der Waals surface area contributed by atoms with Crippen LogP contribution in [0.5, 0.6) is 5.19 Å². The highest BCUT2D eigenvalue weighted by Crippen LogP contribution is 2.32. The summed E-state index contributed by atoms with van der Waals surface area (Å²) >= 11 is 1.53. The van der Waals surface area contributed by atoms with E-state index in [2.05, 4.69) is 4.98 Å². The molecule has 0 aliphatic carbocycles. The van der Waals surface area contributed by atoms with Crippen molar-refractivity contribution in [1.82, 2.24) is 14.2 Å². The number of sulfonamides is 1. The molecule has 2 saturated heterocycles. The second-order valence-electron chi connectivity index (χ2n) is 7.32. The van der Waals surface area contributed by atoms with Crippen LogP contribution in [-0.2, 0) is 14.8 Å². The first-order valence-electron chi connectivity index (χ1n) is 9.08. The van der Waals surface area contributed by atoms with Crippen LogP contribution >= 0.6 is 11.3 Å².